The van der Waals surface area contributed by atoms with E-state index in [-0.39, 0.29) is 11.9 Å². The van der Waals surface area contributed by atoms with Gasteiger partial charge in [0.05, 0.1) is 16.7 Å². The minimum Gasteiger partial charge on any atom is -0.491 e. The molecule has 3 rings (SSSR count). The van der Waals surface area contributed by atoms with Crippen molar-refractivity contribution in [2.45, 2.75) is 31.8 Å². The zero-order chi connectivity index (χ0) is 20.1. The maximum Gasteiger partial charge on any atom is 0.195 e. The molecule has 1 aromatic heterocycles. The van der Waals surface area contributed by atoms with Crippen LogP contribution in [-0.4, -0.2) is 21.1 Å². The third-order valence-electron chi connectivity index (χ3n) is 3.97. The van der Waals surface area contributed by atoms with Crippen molar-refractivity contribution in [1.82, 2.24) is 4.98 Å². The van der Waals surface area contributed by atoms with Gasteiger partial charge < -0.3 is 9.46 Å². The summed E-state index contributed by atoms with van der Waals surface area (Å²) in [6, 6.07) is 15.8. The molecular weight excluding hydrogens is 372 g/mol. The number of aryl methyl sites for hydroxylation is 1. The van der Waals surface area contributed by atoms with Crippen molar-refractivity contribution in [2.75, 3.05) is 4.72 Å². The number of carbonyl (C=O) groups excluding carboxylic acids is 1. The molecule has 28 heavy (non-hydrogen) atoms. The van der Waals surface area contributed by atoms with Gasteiger partial charge in [-0.05, 0) is 69.3 Å². The fourth-order valence-electron chi connectivity index (χ4n) is 2.67. The van der Waals surface area contributed by atoms with Crippen molar-refractivity contribution in [2.24, 2.45) is 0 Å². The molecule has 2 aromatic carbocycles. The summed E-state index contributed by atoms with van der Waals surface area (Å²) in [4.78, 5) is 17.4. The van der Waals surface area contributed by atoms with Gasteiger partial charge in [0.25, 0.3) is 0 Å². The zero-order valence-corrected chi connectivity index (χ0v) is 16.8. The summed E-state index contributed by atoms with van der Waals surface area (Å²) in [7, 11) is -1.52. The van der Waals surface area contributed by atoms with E-state index < -0.39 is 11.0 Å². The first-order valence-corrected chi connectivity index (χ1v) is 10.1. The number of pyridine rings is 1. The van der Waals surface area contributed by atoms with Gasteiger partial charge in [0.2, 0.25) is 0 Å². The molecule has 3 aromatic rings. The van der Waals surface area contributed by atoms with Crippen LogP contribution in [0.15, 0.2) is 71.9 Å². The number of hydrogen-bond donors (Lipinski definition) is 1. The van der Waals surface area contributed by atoms with Gasteiger partial charge in [-0.2, -0.15) is 0 Å². The predicted molar refractivity (Wildman–Crippen MR) is 111 cm³/mol. The molecule has 0 aliphatic heterocycles. The van der Waals surface area contributed by atoms with Crippen molar-refractivity contribution in [3.8, 4) is 5.75 Å². The van der Waals surface area contributed by atoms with E-state index in [1.54, 1.807) is 60.9 Å². The summed E-state index contributed by atoms with van der Waals surface area (Å²) in [5.41, 5.74) is 2.47. The lowest BCUT2D eigenvalue weighted by molar-refractivity contribution is 0.103. The molecule has 0 saturated heterocycles. The van der Waals surface area contributed by atoms with E-state index in [0.29, 0.717) is 21.7 Å². The zero-order valence-electron chi connectivity index (χ0n) is 16.0. The highest BCUT2D eigenvalue weighted by Gasteiger charge is 2.16. The molecule has 0 spiro atoms. The molecule has 1 atom stereocenters. The van der Waals surface area contributed by atoms with Gasteiger partial charge in [-0.15, -0.1) is 0 Å². The van der Waals surface area contributed by atoms with Crippen LogP contribution in [0.25, 0.3) is 0 Å². The van der Waals surface area contributed by atoms with E-state index in [0.717, 1.165) is 11.3 Å². The summed E-state index contributed by atoms with van der Waals surface area (Å²) in [6.45, 7) is 5.82. The smallest absolute Gasteiger partial charge is 0.195 e. The Morgan fingerprint density at radius 3 is 2.36 bits per heavy atom. The number of benzene rings is 2. The maximum atomic E-state index is 12.9. The fraction of sp³-hybridized carbons (Fsp3) is 0.182. The SMILES string of the molecule is Cc1ccc(NS(=O)c2ccc(OC(C)C)cc2)c(C(=O)c2ccncc2)c1. The predicted octanol–water partition coefficient (Wildman–Crippen LogP) is 4.54. The van der Waals surface area contributed by atoms with E-state index in [1.807, 2.05) is 26.8 Å². The van der Waals surface area contributed by atoms with Gasteiger partial charge in [0.1, 0.15) is 16.7 Å². The fourth-order valence-corrected chi connectivity index (χ4v) is 3.55. The summed E-state index contributed by atoms with van der Waals surface area (Å²) in [6.07, 6.45) is 3.23. The van der Waals surface area contributed by atoms with Crippen LogP contribution in [0, 0.1) is 6.92 Å². The van der Waals surface area contributed by atoms with Crippen molar-refractivity contribution in [3.05, 3.63) is 83.7 Å². The number of ether oxygens (including phenoxy) is 1. The van der Waals surface area contributed by atoms with E-state index >= 15 is 0 Å². The molecule has 0 aliphatic rings. The average Bonchev–Trinajstić information content (AvgIpc) is 2.69. The van der Waals surface area contributed by atoms with Crippen molar-refractivity contribution in [3.63, 3.8) is 0 Å². The van der Waals surface area contributed by atoms with Crippen LogP contribution in [0.4, 0.5) is 5.69 Å². The molecule has 1 unspecified atom stereocenters. The van der Waals surface area contributed by atoms with E-state index in [1.165, 1.54) is 0 Å². The Kier molecular flexibility index (Phi) is 6.21. The molecule has 0 aliphatic carbocycles. The summed E-state index contributed by atoms with van der Waals surface area (Å²) in [5.74, 6) is 0.575. The molecular formula is C22H22N2O3S. The van der Waals surface area contributed by atoms with Gasteiger partial charge in [-0.3, -0.25) is 9.78 Å². The van der Waals surface area contributed by atoms with Crippen molar-refractivity contribution >= 4 is 22.5 Å². The Balaban J connectivity index is 1.84. The van der Waals surface area contributed by atoms with Crippen molar-refractivity contribution in [1.29, 1.82) is 0 Å². The Hall–Kier alpha value is -2.99. The third-order valence-corrected chi connectivity index (χ3v) is 5.08. The highest BCUT2D eigenvalue weighted by molar-refractivity contribution is 7.86. The highest BCUT2D eigenvalue weighted by atomic mass is 32.2. The molecule has 5 nitrogen and oxygen atoms in total. The Morgan fingerprint density at radius 1 is 1.04 bits per heavy atom. The van der Waals surface area contributed by atoms with Crippen LogP contribution in [0.2, 0.25) is 0 Å². The number of anilines is 1. The largest absolute Gasteiger partial charge is 0.491 e. The van der Waals surface area contributed by atoms with E-state index in [4.69, 9.17) is 4.74 Å². The van der Waals surface area contributed by atoms with Gasteiger partial charge >= 0.3 is 0 Å². The summed E-state index contributed by atoms with van der Waals surface area (Å²) >= 11 is 0. The number of aromatic nitrogens is 1. The van der Waals surface area contributed by atoms with E-state index in [2.05, 4.69) is 9.71 Å². The van der Waals surface area contributed by atoms with Gasteiger partial charge in [0.15, 0.2) is 5.78 Å². The first-order valence-electron chi connectivity index (χ1n) is 8.94. The molecule has 1 heterocycles. The molecule has 0 bridgehead atoms. The second-order valence-electron chi connectivity index (χ2n) is 6.62. The Morgan fingerprint density at radius 2 is 1.71 bits per heavy atom. The summed E-state index contributed by atoms with van der Waals surface area (Å²) in [5, 5.41) is 0. The second kappa shape index (κ2) is 8.80. The van der Waals surface area contributed by atoms with Gasteiger partial charge in [-0.25, -0.2) is 4.21 Å². The number of rotatable bonds is 7. The Bertz CT molecular complexity index is 986. The number of nitrogens with one attached hydrogen (secondary N) is 1. The summed E-state index contributed by atoms with van der Waals surface area (Å²) < 4.78 is 21.4. The van der Waals surface area contributed by atoms with Crippen LogP contribution in [0.5, 0.6) is 5.75 Å². The minimum absolute atomic E-state index is 0.0730. The first kappa shape index (κ1) is 19.8. The van der Waals surface area contributed by atoms with Gasteiger partial charge in [-0.1, -0.05) is 11.6 Å². The standard InChI is InChI=1S/C22H22N2O3S/c1-15(2)27-18-5-7-19(8-6-18)28(26)24-21-9-4-16(3)14-20(21)22(25)17-10-12-23-13-11-17/h4-15,24H,1-3H3. The van der Waals surface area contributed by atoms with Crippen LogP contribution in [0.3, 0.4) is 0 Å². The number of hydrogen-bond acceptors (Lipinski definition) is 4. The molecule has 1 N–H and O–H groups in total. The third kappa shape index (κ3) is 4.84. The van der Waals surface area contributed by atoms with E-state index in [9.17, 15) is 9.00 Å². The molecule has 6 heteroatoms. The van der Waals surface area contributed by atoms with Gasteiger partial charge in [0, 0.05) is 23.5 Å². The molecule has 0 amide bonds. The lowest BCUT2D eigenvalue weighted by atomic mass is 10.0. The number of carbonyl (C=O) groups is 1. The second-order valence-corrected chi connectivity index (χ2v) is 7.84. The molecule has 0 saturated carbocycles. The van der Waals surface area contributed by atoms with Crippen LogP contribution >= 0.6 is 0 Å². The topological polar surface area (TPSA) is 68.3 Å². The molecule has 0 fully saturated rings. The lowest BCUT2D eigenvalue weighted by Gasteiger charge is -2.13. The quantitative estimate of drug-likeness (QED) is 0.597. The number of nitrogens with zero attached hydrogens (tertiary/aromatic N) is 1. The molecule has 144 valence electrons. The maximum absolute atomic E-state index is 12.9. The monoisotopic (exact) mass is 394 g/mol. The highest BCUT2D eigenvalue weighted by Crippen LogP contribution is 2.24. The van der Waals surface area contributed by atoms with Crippen LogP contribution in [0.1, 0.15) is 35.3 Å². The van der Waals surface area contributed by atoms with Crippen LogP contribution in [-0.2, 0) is 11.0 Å². The molecule has 0 radical (unpaired) electrons. The average molecular weight is 394 g/mol. The minimum atomic E-state index is -1.52. The normalized spacial score (nSPS) is 11.9. The lowest BCUT2D eigenvalue weighted by Crippen LogP contribution is -2.11. The Labute approximate surface area is 167 Å². The number of ketones is 1. The first-order chi connectivity index (χ1) is 13.4. The van der Waals surface area contributed by atoms with Crippen molar-refractivity contribution < 1.29 is 13.7 Å². The van der Waals surface area contributed by atoms with Crippen LogP contribution < -0.4 is 9.46 Å².